The quantitative estimate of drug-likeness (QED) is 0.559. The number of carbonyl (C=O) groups excluding carboxylic acids is 3. The van der Waals surface area contributed by atoms with Crippen LogP contribution in [0.2, 0.25) is 0 Å². The zero-order chi connectivity index (χ0) is 24.6. The Morgan fingerprint density at radius 1 is 1.11 bits per heavy atom. The molecule has 8 heteroatoms. The molecule has 1 aromatic carbocycles. The van der Waals surface area contributed by atoms with Crippen LogP contribution in [0.3, 0.4) is 0 Å². The zero-order valence-electron chi connectivity index (χ0n) is 20.6. The van der Waals surface area contributed by atoms with Gasteiger partial charge in [-0.3, -0.25) is 14.5 Å². The predicted octanol–water partition coefficient (Wildman–Crippen LogP) is 4.54. The molecule has 0 spiro atoms. The van der Waals surface area contributed by atoms with Gasteiger partial charge in [-0.25, -0.2) is 9.79 Å². The average Bonchev–Trinajstić information content (AvgIpc) is 2.82. The van der Waals surface area contributed by atoms with Gasteiger partial charge in [0.15, 0.2) is 5.17 Å². The van der Waals surface area contributed by atoms with Crippen LogP contribution in [0.25, 0.3) is 0 Å². The molecule has 4 saturated carbocycles. The summed E-state index contributed by atoms with van der Waals surface area (Å²) < 4.78 is 5.06. The Morgan fingerprint density at radius 3 is 2.31 bits per heavy atom. The van der Waals surface area contributed by atoms with Gasteiger partial charge in [-0.05, 0) is 99.3 Å². The maximum Gasteiger partial charge on any atom is 0.338 e. The van der Waals surface area contributed by atoms with Crippen LogP contribution in [0.4, 0.5) is 5.69 Å². The van der Waals surface area contributed by atoms with Crippen molar-refractivity contribution in [3.05, 3.63) is 29.8 Å². The van der Waals surface area contributed by atoms with Crippen molar-refractivity contribution in [2.75, 3.05) is 20.2 Å². The fraction of sp³-hybridized carbons (Fsp3) is 0.630. The van der Waals surface area contributed by atoms with Gasteiger partial charge in [0.2, 0.25) is 11.8 Å². The van der Waals surface area contributed by atoms with Crippen LogP contribution in [-0.4, -0.2) is 53.3 Å². The van der Waals surface area contributed by atoms with E-state index in [0.29, 0.717) is 35.0 Å². The van der Waals surface area contributed by atoms with Gasteiger partial charge in [0, 0.05) is 20.0 Å². The van der Waals surface area contributed by atoms with Gasteiger partial charge >= 0.3 is 5.97 Å². The van der Waals surface area contributed by atoms with E-state index in [9.17, 15) is 14.4 Å². The summed E-state index contributed by atoms with van der Waals surface area (Å²) in [5.74, 6) is 2.05. The molecule has 1 N–H and O–H groups in total. The Balaban J connectivity index is 1.35. The van der Waals surface area contributed by atoms with Crippen LogP contribution in [-0.2, 0) is 14.3 Å². The number of benzene rings is 1. The van der Waals surface area contributed by atoms with E-state index in [0.717, 1.165) is 24.2 Å². The first-order chi connectivity index (χ1) is 16.9. The molecule has 188 valence electrons. The highest BCUT2D eigenvalue weighted by molar-refractivity contribution is 8.15. The van der Waals surface area contributed by atoms with Gasteiger partial charge < -0.3 is 10.1 Å². The minimum Gasteiger partial charge on any atom is -0.462 e. The maximum atomic E-state index is 13.2. The topological polar surface area (TPSA) is 88.1 Å². The molecule has 5 fully saturated rings. The lowest BCUT2D eigenvalue weighted by Crippen LogP contribution is -2.50. The van der Waals surface area contributed by atoms with Gasteiger partial charge in [0.05, 0.1) is 23.1 Å². The van der Waals surface area contributed by atoms with Gasteiger partial charge in [-0.15, -0.1) is 0 Å². The number of aliphatic imine (C=N–C) groups is 1. The van der Waals surface area contributed by atoms with E-state index in [2.05, 4.69) is 5.32 Å². The molecule has 1 aromatic rings. The molecule has 5 aliphatic rings. The summed E-state index contributed by atoms with van der Waals surface area (Å²) in [6.07, 6.45) is 9.31. The van der Waals surface area contributed by atoms with E-state index in [1.165, 1.54) is 50.3 Å². The van der Waals surface area contributed by atoms with Crippen molar-refractivity contribution in [1.29, 1.82) is 0 Å². The molecular formula is C27H35N3O4S. The Hall–Kier alpha value is -2.35. The van der Waals surface area contributed by atoms with Crippen LogP contribution < -0.4 is 5.32 Å². The lowest BCUT2D eigenvalue weighted by molar-refractivity contribution is -0.131. The van der Waals surface area contributed by atoms with Gasteiger partial charge in [0.25, 0.3) is 0 Å². The molecule has 2 amide bonds. The Bertz CT molecular complexity index is 986. The molecule has 1 heterocycles. The van der Waals surface area contributed by atoms with Gasteiger partial charge in [-0.1, -0.05) is 11.8 Å². The highest BCUT2D eigenvalue weighted by Crippen LogP contribution is 2.61. The number of hydrogen-bond acceptors (Lipinski definition) is 6. The van der Waals surface area contributed by atoms with Gasteiger partial charge in [0.1, 0.15) is 0 Å². The molecule has 0 unspecified atom stereocenters. The molecule has 1 aliphatic heterocycles. The van der Waals surface area contributed by atoms with Crippen LogP contribution in [0.5, 0.6) is 0 Å². The monoisotopic (exact) mass is 497 g/mol. The highest BCUT2D eigenvalue weighted by Gasteiger charge is 2.51. The van der Waals surface area contributed by atoms with Crippen molar-refractivity contribution in [1.82, 2.24) is 10.2 Å². The first-order valence-electron chi connectivity index (χ1n) is 12.9. The van der Waals surface area contributed by atoms with Crippen LogP contribution >= 0.6 is 11.8 Å². The molecule has 35 heavy (non-hydrogen) atoms. The predicted molar refractivity (Wildman–Crippen MR) is 136 cm³/mol. The summed E-state index contributed by atoms with van der Waals surface area (Å²) in [5, 5.41) is 2.76. The molecule has 4 aliphatic carbocycles. The molecule has 1 saturated heterocycles. The van der Waals surface area contributed by atoms with Crippen LogP contribution in [0.1, 0.15) is 68.6 Å². The van der Waals surface area contributed by atoms with Crippen molar-refractivity contribution < 1.29 is 19.1 Å². The number of carbonyl (C=O) groups is 3. The maximum absolute atomic E-state index is 13.2. The molecule has 1 atom stereocenters. The van der Waals surface area contributed by atoms with Crippen molar-refractivity contribution in [2.45, 2.75) is 63.5 Å². The lowest BCUT2D eigenvalue weighted by atomic mass is 9.49. The standard InChI is InChI=1S/C27H35N3O4S/c1-3-34-25(33)20-4-6-21(7-5-20)29-26-30(23(31)13-22(35-26)24(32)28-2)9-8-27-14-17-10-18(15-27)12-19(11-17)16-27/h4-7,17-19,22H,3,8-16H2,1-2H3,(H,28,32)/t17?,18?,19?,22-,27?/m1/s1. The Morgan fingerprint density at radius 2 is 1.74 bits per heavy atom. The number of amidine groups is 1. The summed E-state index contributed by atoms with van der Waals surface area (Å²) in [4.78, 5) is 44.2. The van der Waals surface area contributed by atoms with Crippen molar-refractivity contribution >= 4 is 40.4 Å². The average molecular weight is 498 g/mol. The molecule has 0 aromatic heterocycles. The zero-order valence-corrected chi connectivity index (χ0v) is 21.4. The first-order valence-corrected chi connectivity index (χ1v) is 13.8. The van der Waals surface area contributed by atoms with Crippen LogP contribution in [0.15, 0.2) is 29.3 Å². The SMILES string of the molecule is CCOC(=O)c1ccc(N=C2S[C@@H](C(=O)NC)CC(=O)N2CCC23CC4CC(CC(C4)C2)C3)cc1. The van der Waals surface area contributed by atoms with Crippen molar-refractivity contribution in [3.63, 3.8) is 0 Å². The molecule has 6 rings (SSSR count). The number of amides is 2. The van der Waals surface area contributed by atoms with Gasteiger partial charge in [-0.2, -0.15) is 0 Å². The Labute approximate surface area is 211 Å². The Kier molecular flexibility index (Phi) is 6.93. The smallest absolute Gasteiger partial charge is 0.338 e. The molecule has 0 radical (unpaired) electrons. The largest absolute Gasteiger partial charge is 0.462 e. The third-order valence-corrected chi connectivity index (χ3v) is 9.50. The molecule has 7 nitrogen and oxygen atoms in total. The minimum atomic E-state index is -0.485. The van der Waals surface area contributed by atoms with E-state index in [4.69, 9.17) is 9.73 Å². The number of ether oxygens (including phenoxy) is 1. The lowest BCUT2D eigenvalue weighted by Gasteiger charge is -2.57. The van der Waals surface area contributed by atoms with Crippen molar-refractivity contribution in [3.8, 4) is 0 Å². The second-order valence-electron chi connectivity index (χ2n) is 10.8. The fourth-order valence-corrected chi connectivity index (χ4v) is 8.35. The summed E-state index contributed by atoms with van der Waals surface area (Å²) in [6.45, 7) is 2.75. The van der Waals surface area contributed by atoms with E-state index < -0.39 is 5.25 Å². The summed E-state index contributed by atoms with van der Waals surface area (Å²) in [6, 6.07) is 6.88. The first kappa shape index (κ1) is 24.3. The number of thioether (sulfide) groups is 1. The second kappa shape index (κ2) is 9.96. The van der Waals surface area contributed by atoms with E-state index >= 15 is 0 Å². The van der Waals surface area contributed by atoms with E-state index in [1.54, 1.807) is 38.2 Å². The minimum absolute atomic E-state index is 0.0380. The van der Waals surface area contributed by atoms with Crippen molar-refractivity contribution in [2.24, 2.45) is 28.2 Å². The number of rotatable bonds is 7. The highest BCUT2D eigenvalue weighted by atomic mass is 32.2. The number of nitrogens with one attached hydrogen (secondary N) is 1. The van der Waals surface area contributed by atoms with Crippen LogP contribution in [0, 0.1) is 23.2 Å². The summed E-state index contributed by atoms with van der Waals surface area (Å²) >= 11 is 1.36. The number of nitrogens with zero attached hydrogens (tertiary/aromatic N) is 2. The third kappa shape index (κ3) is 5.13. The number of hydrogen-bond donors (Lipinski definition) is 1. The number of esters is 1. The van der Waals surface area contributed by atoms with E-state index in [1.807, 2.05) is 4.90 Å². The fourth-order valence-electron chi connectivity index (χ4n) is 7.16. The molecule has 4 bridgehead atoms. The third-order valence-electron chi connectivity index (χ3n) is 8.31. The normalized spacial score (nSPS) is 32.7. The molecular weight excluding hydrogens is 462 g/mol. The summed E-state index contributed by atoms with van der Waals surface area (Å²) in [7, 11) is 1.59. The second-order valence-corrected chi connectivity index (χ2v) is 12.0. The summed E-state index contributed by atoms with van der Waals surface area (Å²) in [5.41, 5.74) is 1.47. The van der Waals surface area contributed by atoms with E-state index in [-0.39, 0.29) is 24.2 Å².